The summed E-state index contributed by atoms with van der Waals surface area (Å²) in [6.45, 7) is 2.46. The highest BCUT2D eigenvalue weighted by Gasteiger charge is 2.21. The lowest BCUT2D eigenvalue weighted by Crippen LogP contribution is -2.51. The zero-order valence-corrected chi connectivity index (χ0v) is 9.60. The number of urea groups is 1. The first kappa shape index (κ1) is 15.2. The highest BCUT2D eigenvalue weighted by Crippen LogP contribution is 1.89. The maximum atomic E-state index is 11.2. The van der Waals surface area contributed by atoms with E-state index >= 15 is 0 Å². The lowest BCUT2D eigenvalue weighted by atomic mass is 10.3. The fourth-order valence-corrected chi connectivity index (χ4v) is 0.908. The molecule has 0 aliphatic carbocycles. The quantitative estimate of drug-likeness (QED) is 0.432. The van der Waals surface area contributed by atoms with Crippen LogP contribution in [0.15, 0.2) is 0 Å². The number of carboxylic acids is 1. The number of ether oxygens (including phenoxy) is 1. The van der Waals surface area contributed by atoms with Crippen LogP contribution in [0.5, 0.6) is 0 Å². The molecule has 0 rings (SSSR count). The molecule has 0 aliphatic rings. The minimum absolute atomic E-state index is 0.181. The average molecular weight is 248 g/mol. The minimum atomic E-state index is -1.41. The van der Waals surface area contributed by atoms with E-state index < -0.39 is 36.7 Å². The van der Waals surface area contributed by atoms with E-state index in [1.54, 1.807) is 6.92 Å². The second-order valence-electron chi connectivity index (χ2n) is 3.16. The van der Waals surface area contributed by atoms with Crippen molar-refractivity contribution in [1.29, 1.82) is 0 Å². The van der Waals surface area contributed by atoms with Crippen LogP contribution in [0.25, 0.3) is 0 Å². The van der Waals surface area contributed by atoms with Gasteiger partial charge in [-0.05, 0) is 13.8 Å². The molecule has 0 saturated heterocycles. The van der Waals surface area contributed by atoms with Crippen LogP contribution in [-0.2, 0) is 14.3 Å². The number of hydrogen-bond acceptors (Lipinski definition) is 5. The summed E-state index contributed by atoms with van der Waals surface area (Å²) in [7, 11) is 0. The molecule has 0 heterocycles. The molecule has 0 aromatic rings. The van der Waals surface area contributed by atoms with Crippen molar-refractivity contribution in [3.63, 3.8) is 0 Å². The van der Waals surface area contributed by atoms with Gasteiger partial charge in [-0.3, -0.25) is 0 Å². The van der Waals surface area contributed by atoms with E-state index in [2.05, 4.69) is 10.1 Å². The molecule has 98 valence electrons. The Labute approximate surface area is 97.9 Å². The Bertz CT molecular complexity index is 293. The van der Waals surface area contributed by atoms with Crippen LogP contribution >= 0.6 is 0 Å². The Hall–Kier alpha value is -1.83. The van der Waals surface area contributed by atoms with Crippen molar-refractivity contribution in [1.82, 2.24) is 10.6 Å². The molecule has 2 unspecified atom stereocenters. The molecule has 0 aliphatic heterocycles. The predicted octanol–water partition coefficient (Wildman–Crippen LogP) is -1.32. The van der Waals surface area contributed by atoms with Crippen molar-refractivity contribution in [3.05, 3.63) is 0 Å². The maximum Gasteiger partial charge on any atom is 0.328 e. The molecule has 2 amide bonds. The van der Waals surface area contributed by atoms with Gasteiger partial charge in [0.15, 0.2) is 6.04 Å². The van der Waals surface area contributed by atoms with E-state index in [1.807, 2.05) is 5.32 Å². The van der Waals surface area contributed by atoms with Crippen LogP contribution in [0.1, 0.15) is 13.8 Å². The van der Waals surface area contributed by atoms with Crippen LogP contribution in [0, 0.1) is 0 Å². The summed E-state index contributed by atoms with van der Waals surface area (Å²) in [5.74, 6) is -2.00. The highest BCUT2D eigenvalue weighted by atomic mass is 16.5. The number of carbonyl (C=O) groups is 3. The topological polar surface area (TPSA) is 125 Å². The Morgan fingerprint density at radius 3 is 2.29 bits per heavy atom. The third kappa shape index (κ3) is 5.71. The number of hydrogen-bond donors (Lipinski definition) is 4. The number of carboxylic acid groups (broad SMARTS) is 1. The largest absolute Gasteiger partial charge is 0.480 e. The number of amides is 2. The zero-order chi connectivity index (χ0) is 13.4. The van der Waals surface area contributed by atoms with Gasteiger partial charge < -0.3 is 25.6 Å². The lowest BCUT2D eigenvalue weighted by Gasteiger charge is -2.16. The van der Waals surface area contributed by atoms with Gasteiger partial charge in [-0.25, -0.2) is 14.4 Å². The van der Waals surface area contributed by atoms with E-state index in [4.69, 9.17) is 10.2 Å². The predicted molar refractivity (Wildman–Crippen MR) is 56.3 cm³/mol. The van der Waals surface area contributed by atoms with Gasteiger partial charge in [0, 0.05) is 0 Å². The number of carbonyl (C=O) groups excluding carboxylic acids is 2. The number of rotatable bonds is 6. The van der Waals surface area contributed by atoms with Gasteiger partial charge in [-0.2, -0.15) is 0 Å². The van der Waals surface area contributed by atoms with Crippen LogP contribution in [0.3, 0.4) is 0 Å². The third-order valence-electron chi connectivity index (χ3n) is 1.77. The molecule has 0 radical (unpaired) electrons. The molecule has 0 spiro atoms. The smallest absolute Gasteiger partial charge is 0.328 e. The standard InChI is InChI=1S/C9H16N2O6/c1-3-17-8(15)5(2)10-9(16)11-6(4-12)7(13)14/h5-6,12H,3-4H2,1-2H3,(H,13,14)(H2,10,11,16). The van der Waals surface area contributed by atoms with E-state index in [1.165, 1.54) is 6.92 Å². The first-order chi connectivity index (χ1) is 7.92. The van der Waals surface area contributed by atoms with Crippen molar-refractivity contribution in [2.45, 2.75) is 25.9 Å². The Kier molecular flexibility index (Phi) is 6.64. The van der Waals surface area contributed by atoms with Gasteiger partial charge in [-0.15, -0.1) is 0 Å². The first-order valence-corrected chi connectivity index (χ1v) is 4.99. The second kappa shape index (κ2) is 7.44. The third-order valence-corrected chi connectivity index (χ3v) is 1.77. The molecular formula is C9H16N2O6. The fourth-order valence-electron chi connectivity index (χ4n) is 0.908. The summed E-state index contributed by atoms with van der Waals surface area (Å²) in [4.78, 5) is 32.9. The molecule has 0 fully saturated rings. The summed E-state index contributed by atoms with van der Waals surface area (Å²) < 4.78 is 4.64. The van der Waals surface area contributed by atoms with Crippen LogP contribution in [0.2, 0.25) is 0 Å². The molecule has 4 N–H and O–H groups in total. The van der Waals surface area contributed by atoms with E-state index in [9.17, 15) is 14.4 Å². The van der Waals surface area contributed by atoms with Crippen molar-refractivity contribution in [2.24, 2.45) is 0 Å². The Morgan fingerprint density at radius 2 is 1.88 bits per heavy atom. The SMILES string of the molecule is CCOC(=O)C(C)NC(=O)NC(CO)C(=O)O. The van der Waals surface area contributed by atoms with Crippen LogP contribution in [-0.4, -0.2) is 53.5 Å². The maximum absolute atomic E-state index is 11.2. The highest BCUT2D eigenvalue weighted by molar-refractivity contribution is 5.86. The van der Waals surface area contributed by atoms with Crippen LogP contribution < -0.4 is 10.6 Å². The average Bonchev–Trinajstić information content (AvgIpc) is 2.25. The van der Waals surface area contributed by atoms with Gasteiger partial charge >= 0.3 is 18.0 Å². The minimum Gasteiger partial charge on any atom is -0.480 e. The molecule has 8 heteroatoms. The number of aliphatic hydroxyl groups excluding tert-OH is 1. The van der Waals surface area contributed by atoms with Gasteiger partial charge in [0.2, 0.25) is 0 Å². The molecule has 0 bridgehead atoms. The number of nitrogens with one attached hydrogen (secondary N) is 2. The number of esters is 1. The van der Waals surface area contributed by atoms with E-state index in [0.29, 0.717) is 0 Å². The van der Waals surface area contributed by atoms with E-state index in [-0.39, 0.29) is 6.61 Å². The normalized spacial score (nSPS) is 13.4. The molecule has 0 aromatic carbocycles. The number of aliphatic carboxylic acids is 1. The lowest BCUT2D eigenvalue weighted by molar-refractivity contribution is -0.144. The summed E-state index contributed by atoms with van der Waals surface area (Å²) in [6, 6.07) is -3.18. The van der Waals surface area contributed by atoms with Gasteiger partial charge in [0.05, 0.1) is 13.2 Å². The first-order valence-electron chi connectivity index (χ1n) is 4.99. The summed E-state index contributed by atoms with van der Waals surface area (Å²) in [6.07, 6.45) is 0. The van der Waals surface area contributed by atoms with Gasteiger partial charge in [0.25, 0.3) is 0 Å². The van der Waals surface area contributed by atoms with Crippen molar-refractivity contribution >= 4 is 18.0 Å². The van der Waals surface area contributed by atoms with Gasteiger partial charge in [0.1, 0.15) is 6.04 Å². The molecule has 0 saturated carbocycles. The van der Waals surface area contributed by atoms with Crippen LogP contribution in [0.4, 0.5) is 4.79 Å². The van der Waals surface area contributed by atoms with Crippen molar-refractivity contribution in [2.75, 3.05) is 13.2 Å². The summed E-state index contributed by atoms with van der Waals surface area (Å²) >= 11 is 0. The molecule has 8 nitrogen and oxygen atoms in total. The molecule has 17 heavy (non-hydrogen) atoms. The summed E-state index contributed by atoms with van der Waals surface area (Å²) in [5, 5.41) is 21.4. The fraction of sp³-hybridized carbons (Fsp3) is 0.667. The zero-order valence-electron chi connectivity index (χ0n) is 9.60. The number of aliphatic hydroxyl groups is 1. The second-order valence-corrected chi connectivity index (χ2v) is 3.16. The molecule has 0 aromatic heterocycles. The van der Waals surface area contributed by atoms with E-state index in [0.717, 1.165) is 0 Å². The molecular weight excluding hydrogens is 232 g/mol. The Balaban J connectivity index is 4.17. The van der Waals surface area contributed by atoms with Crippen molar-refractivity contribution in [3.8, 4) is 0 Å². The monoisotopic (exact) mass is 248 g/mol. The Morgan fingerprint density at radius 1 is 1.29 bits per heavy atom. The van der Waals surface area contributed by atoms with Gasteiger partial charge in [-0.1, -0.05) is 0 Å². The van der Waals surface area contributed by atoms with Crippen molar-refractivity contribution < 1.29 is 29.3 Å². The molecule has 2 atom stereocenters. The summed E-state index contributed by atoms with van der Waals surface area (Å²) in [5.41, 5.74) is 0.